The molecule has 0 aliphatic heterocycles. The molecule has 2 aromatic heterocycles. The van der Waals surface area contributed by atoms with Gasteiger partial charge in [-0.05, 0) is 19.9 Å². The first-order chi connectivity index (χ1) is 8.56. The fraction of sp³-hybridized carbons (Fsp3) is 0.273. The average Bonchev–Trinajstić information content (AvgIpc) is 2.65. The minimum Gasteiger partial charge on any atom is -0.460 e. The Labute approximate surface area is 103 Å². The van der Waals surface area contributed by atoms with Crippen LogP contribution < -0.4 is 5.73 Å². The minimum atomic E-state index is -0.948. The van der Waals surface area contributed by atoms with Gasteiger partial charge in [-0.1, -0.05) is 0 Å². The lowest BCUT2D eigenvalue weighted by atomic mass is 10.2. The molecule has 7 nitrogen and oxygen atoms in total. The van der Waals surface area contributed by atoms with Crippen molar-refractivity contribution in [2.75, 3.05) is 12.3 Å². The lowest BCUT2D eigenvalue weighted by molar-refractivity contribution is -0.137. The van der Waals surface area contributed by atoms with Crippen LogP contribution in [-0.4, -0.2) is 33.0 Å². The lowest BCUT2D eigenvalue weighted by Gasteiger charge is -2.03. The Balaban J connectivity index is 2.58. The quantitative estimate of drug-likeness (QED) is 0.478. The fourth-order valence-electron chi connectivity index (χ4n) is 1.69. The van der Waals surface area contributed by atoms with E-state index in [9.17, 15) is 9.59 Å². The summed E-state index contributed by atoms with van der Waals surface area (Å²) in [4.78, 5) is 27.1. The molecule has 0 spiro atoms. The van der Waals surface area contributed by atoms with Gasteiger partial charge in [0.2, 0.25) is 0 Å². The van der Waals surface area contributed by atoms with Crippen LogP contribution >= 0.6 is 0 Å². The third-order valence-corrected chi connectivity index (χ3v) is 2.44. The van der Waals surface area contributed by atoms with Gasteiger partial charge in [-0.3, -0.25) is 4.79 Å². The van der Waals surface area contributed by atoms with E-state index >= 15 is 0 Å². The third-order valence-electron chi connectivity index (χ3n) is 2.44. The fourth-order valence-corrected chi connectivity index (χ4v) is 1.69. The number of rotatable bonds is 3. The van der Waals surface area contributed by atoms with E-state index in [1.54, 1.807) is 19.9 Å². The molecule has 2 aromatic rings. The zero-order valence-electron chi connectivity index (χ0n) is 10.0. The van der Waals surface area contributed by atoms with Crippen LogP contribution in [0.25, 0.3) is 5.52 Å². The molecule has 7 heteroatoms. The van der Waals surface area contributed by atoms with Crippen molar-refractivity contribution >= 4 is 23.0 Å². The van der Waals surface area contributed by atoms with E-state index in [2.05, 4.69) is 14.8 Å². The van der Waals surface area contributed by atoms with Crippen molar-refractivity contribution in [3.63, 3.8) is 0 Å². The largest absolute Gasteiger partial charge is 0.460 e. The van der Waals surface area contributed by atoms with Crippen molar-refractivity contribution in [2.45, 2.75) is 13.8 Å². The summed E-state index contributed by atoms with van der Waals surface area (Å²) in [6, 6.07) is 1.66. The number of carbonyl (C=O) groups excluding carboxylic acids is 2. The Morgan fingerprint density at radius 3 is 2.89 bits per heavy atom. The van der Waals surface area contributed by atoms with Gasteiger partial charge in [0.05, 0.1) is 12.3 Å². The number of fused-ring (bicyclic) bond motifs is 1. The van der Waals surface area contributed by atoms with Crippen LogP contribution in [0.3, 0.4) is 0 Å². The van der Waals surface area contributed by atoms with Crippen LogP contribution in [0.15, 0.2) is 12.4 Å². The molecule has 2 heterocycles. The Morgan fingerprint density at radius 1 is 1.50 bits per heavy atom. The first-order valence-electron chi connectivity index (χ1n) is 5.36. The first-order valence-corrected chi connectivity index (χ1v) is 5.36. The second-order valence-electron chi connectivity index (χ2n) is 3.66. The molecular weight excluding hydrogens is 236 g/mol. The molecular formula is C11H12N4O3. The molecule has 0 amide bonds. The average molecular weight is 248 g/mol. The molecule has 2 rings (SSSR count). The van der Waals surface area contributed by atoms with Crippen LogP contribution in [0.2, 0.25) is 0 Å². The Kier molecular flexibility index (Phi) is 2.97. The predicted octanol–water partition coefficient (Wildman–Crippen LogP) is 0.366. The molecule has 0 aliphatic rings. The van der Waals surface area contributed by atoms with Crippen molar-refractivity contribution < 1.29 is 14.3 Å². The third kappa shape index (κ3) is 1.79. The van der Waals surface area contributed by atoms with Gasteiger partial charge in [0.25, 0.3) is 5.78 Å². The van der Waals surface area contributed by atoms with E-state index in [-0.39, 0.29) is 12.3 Å². The number of aromatic nitrogens is 3. The molecule has 0 aromatic carbocycles. The maximum absolute atomic E-state index is 11.9. The summed E-state index contributed by atoms with van der Waals surface area (Å²) in [6.45, 7) is 3.53. The molecule has 0 bridgehead atoms. The highest BCUT2D eigenvalue weighted by Crippen LogP contribution is 2.20. The number of carbonyl (C=O) groups is 2. The number of Topliss-reactive ketones (excluding diaryl/α,β-unsaturated/α-hetero) is 1. The zero-order chi connectivity index (χ0) is 13.3. The second kappa shape index (κ2) is 4.44. The molecule has 0 radical (unpaired) electrons. The Morgan fingerprint density at radius 2 is 2.22 bits per heavy atom. The number of nitrogen functional groups attached to an aromatic ring is 1. The number of nitrogens with two attached hydrogens (primary N) is 1. The number of aryl methyl sites for hydroxylation is 1. The van der Waals surface area contributed by atoms with Crippen molar-refractivity contribution in [3.8, 4) is 0 Å². The number of esters is 1. The second-order valence-corrected chi connectivity index (χ2v) is 3.66. The van der Waals surface area contributed by atoms with Crippen molar-refractivity contribution in [2.24, 2.45) is 0 Å². The number of hydrogen-bond acceptors (Lipinski definition) is 6. The summed E-state index contributed by atoms with van der Waals surface area (Å²) in [6.07, 6.45) is 1.20. The summed E-state index contributed by atoms with van der Waals surface area (Å²) in [5.74, 6) is -1.77. The van der Waals surface area contributed by atoms with E-state index in [1.165, 1.54) is 10.8 Å². The van der Waals surface area contributed by atoms with E-state index in [4.69, 9.17) is 5.73 Å². The van der Waals surface area contributed by atoms with Gasteiger partial charge in [-0.25, -0.2) is 14.3 Å². The summed E-state index contributed by atoms with van der Waals surface area (Å²) < 4.78 is 6.12. The predicted molar refractivity (Wildman–Crippen MR) is 63.1 cm³/mol. The smallest absolute Gasteiger partial charge is 0.381 e. The monoisotopic (exact) mass is 248 g/mol. The van der Waals surface area contributed by atoms with E-state index in [1.807, 2.05) is 0 Å². The SMILES string of the molecule is CCOC(=O)C(=O)c1ncnn2c(C)cc(N)c12. The first kappa shape index (κ1) is 12.0. The number of anilines is 1. The van der Waals surface area contributed by atoms with Crippen LogP contribution in [0.5, 0.6) is 0 Å². The van der Waals surface area contributed by atoms with Crippen molar-refractivity contribution in [1.82, 2.24) is 14.6 Å². The summed E-state index contributed by atoms with van der Waals surface area (Å²) in [5, 5.41) is 3.97. The van der Waals surface area contributed by atoms with Gasteiger partial charge in [-0.15, -0.1) is 0 Å². The van der Waals surface area contributed by atoms with E-state index < -0.39 is 11.8 Å². The molecule has 0 fully saturated rings. The van der Waals surface area contributed by atoms with Gasteiger partial charge in [-0.2, -0.15) is 5.10 Å². The lowest BCUT2D eigenvalue weighted by Crippen LogP contribution is -2.20. The van der Waals surface area contributed by atoms with Gasteiger partial charge in [0, 0.05) is 5.69 Å². The van der Waals surface area contributed by atoms with Crippen LogP contribution in [-0.2, 0) is 9.53 Å². The maximum atomic E-state index is 11.9. The molecule has 94 valence electrons. The number of ether oxygens (including phenoxy) is 1. The number of hydrogen-bond donors (Lipinski definition) is 1. The molecule has 0 atom stereocenters. The molecule has 0 saturated heterocycles. The normalized spacial score (nSPS) is 10.6. The number of ketones is 1. The molecule has 0 saturated carbocycles. The summed E-state index contributed by atoms with van der Waals surface area (Å²) in [5.41, 5.74) is 7.16. The van der Waals surface area contributed by atoms with Crippen LogP contribution in [0.1, 0.15) is 23.1 Å². The molecule has 2 N–H and O–H groups in total. The highest BCUT2D eigenvalue weighted by atomic mass is 16.5. The van der Waals surface area contributed by atoms with Gasteiger partial charge in [0.1, 0.15) is 17.5 Å². The zero-order valence-corrected chi connectivity index (χ0v) is 10.0. The van der Waals surface area contributed by atoms with Gasteiger partial charge in [0.15, 0.2) is 0 Å². The summed E-state index contributed by atoms with van der Waals surface area (Å²) >= 11 is 0. The Hall–Kier alpha value is -2.44. The Bertz CT molecular complexity index is 632. The van der Waals surface area contributed by atoms with Crippen molar-refractivity contribution in [1.29, 1.82) is 0 Å². The minimum absolute atomic E-state index is 0.0472. The van der Waals surface area contributed by atoms with Crippen molar-refractivity contribution in [3.05, 3.63) is 23.8 Å². The summed E-state index contributed by atoms with van der Waals surface area (Å²) in [7, 11) is 0. The highest BCUT2D eigenvalue weighted by molar-refractivity contribution is 6.41. The van der Waals surface area contributed by atoms with Gasteiger partial charge >= 0.3 is 5.97 Å². The van der Waals surface area contributed by atoms with Gasteiger partial charge < -0.3 is 10.5 Å². The highest BCUT2D eigenvalue weighted by Gasteiger charge is 2.24. The van der Waals surface area contributed by atoms with E-state index in [0.29, 0.717) is 11.2 Å². The maximum Gasteiger partial charge on any atom is 0.381 e. The standard InChI is InChI=1S/C11H12N4O3/c1-3-18-11(17)10(16)8-9-7(12)4-6(2)15(9)14-5-13-8/h4-5H,3,12H2,1-2H3. The molecule has 0 aliphatic carbocycles. The van der Waals surface area contributed by atoms with E-state index in [0.717, 1.165) is 5.69 Å². The molecule has 0 unspecified atom stereocenters. The number of nitrogens with zero attached hydrogens (tertiary/aromatic N) is 3. The topological polar surface area (TPSA) is 99.6 Å². The van der Waals surface area contributed by atoms with Crippen LogP contribution in [0, 0.1) is 6.92 Å². The molecule has 18 heavy (non-hydrogen) atoms. The van der Waals surface area contributed by atoms with Crippen LogP contribution in [0.4, 0.5) is 5.69 Å².